The summed E-state index contributed by atoms with van der Waals surface area (Å²) in [6, 6.07) is 1.90. The van der Waals surface area contributed by atoms with Crippen molar-refractivity contribution in [2.24, 2.45) is 29.6 Å². The van der Waals surface area contributed by atoms with E-state index in [4.69, 9.17) is 0 Å². The molecule has 2 nitrogen and oxygen atoms in total. The molecular weight excluding hydrogens is 280 g/mol. The molecule has 0 spiro atoms. The first-order valence-corrected chi connectivity index (χ1v) is 10.7. The van der Waals surface area contributed by atoms with Gasteiger partial charge in [-0.05, 0) is 74.5 Å². The van der Waals surface area contributed by atoms with Crippen molar-refractivity contribution in [3.8, 4) is 0 Å². The van der Waals surface area contributed by atoms with E-state index in [-0.39, 0.29) is 0 Å². The average Bonchev–Trinajstić information content (AvgIpc) is 2.54. The van der Waals surface area contributed by atoms with E-state index in [1.807, 2.05) is 0 Å². The zero-order valence-electron chi connectivity index (χ0n) is 15.1. The fourth-order valence-corrected chi connectivity index (χ4v) is 7.63. The van der Waals surface area contributed by atoms with Crippen molar-refractivity contribution in [1.29, 1.82) is 0 Å². The van der Waals surface area contributed by atoms with Crippen LogP contribution in [0.1, 0.15) is 64.7 Å². The van der Waals surface area contributed by atoms with Crippen LogP contribution in [0.4, 0.5) is 0 Å². The molecule has 5 saturated carbocycles. The van der Waals surface area contributed by atoms with Gasteiger partial charge in [-0.2, -0.15) is 0 Å². The Morgan fingerprint density at radius 1 is 0.652 bits per heavy atom. The van der Waals surface area contributed by atoms with Crippen LogP contribution < -0.4 is 0 Å². The Bertz CT molecular complexity index is 398. The van der Waals surface area contributed by atoms with Crippen molar-refractivity contribution in [3.63, 3.8) is 0 Å². The zero-order valence-corrected chi connectivity index (χ0v) is 15.1. The summed E-state index contributed by atoms with van der Waals surface area (Å²) in [4.78, 5) is 5.82. The molecule has 0 aromatic rings. The summed E-state index contributed by atoms with van der Waals surface area (Å²) in [5, 5.41) is 0. The summed E-state index contributed by atoms with van der Waals surface area (Å²) < 4.78 is 0. The van der Waals surface area contributed by atoms with E-state index in [0.717, 1.165) is 41.7 Å². The van der Waals surface area contributed by atoms with E-state index < -0.39 is 0 Å². The topological polar surface area (TPSA) is 6.48 Å². The van der Waals surface area contributed by atoms with E-state index in [1.54, 1.807) is 32.1 Å². The predicted molar refractivity (Wildman–Crippen MR) is 95.4 cm³/mol. The van der Waals surface area contributed by atoms with Gasteiger partial charge in [0.1, 0.15) is 0 Å². The molecule has 4 bridgehead atoms. The van der Waals surface area contributed by atoms with E-state index in [2.05, 4.69) is 16.7 Å². The maximum atomic E-state index is 2.95. The summed E-state index contributed by atoms with van der Waals surface area (Å²) in [5.41, 5.74) is 0. The first-order chi connectivity index (χ1) is 11.3. The molecule has 1 aliphatic heterocycles. The molecule has 5 aliphatic carbocycles. The summed E-state index contributed by atoms with van der Waals surface area (Å²) >= 11 is 0. The number of hydrogen-bond acceptors (Lipinski definition) is 2. The lowest BCUT2D eigenvalue weighted by Gasteiger charge is -2.58. The highest BCUT2D eigenvalue weighted by Gasteiger charge is 2.50. The Hall–Kier alpha value is -0.0800. The lowest BCUT2D eigenvalue weighted by molar-refractivity contribution is -0.0804. The molecule has 0 aromatic heterocycles. The molecule has 0 N–H and O–H groups in total. The minimum Gasteiger partial charge on any atom is -0.298 e. The number of piperazine rings is 1. The first kappa shape index (κ1) is 15.2. The first-order valence-electron chi connectivity index (χ1n) is 10.7. The molecule has 0 amide bonds. The van der Waals surface area contributed by atoms with Crippen LogP contribution in [0.25, 0.3) is 0 Å². The third-order valence-electron chi connectivity index (χ3n) is 8.37. The summed E-state index contributed by atoms with van der Waals surface area (Å²) in [6.45, 7) is 7.94. The third kappa shape index (κ3) is 2.78. The van der Waals surface area contributed by atoms with E-state index in [0.29, 0.717) is 0 Å². The zero-order chi connectivity index (χ0) is 15.4. The Labute approximate surface area is 143 Å². The smallest absolute Gasteiger partial charge is 0.0153 e. The van der Waals surface area contributed by atoms with Crippen LogP contribution in [-0.2, 0) is 0 Å². The Morgan fingerprint density at radius 3 is 1.87 bits per heavy atom. The minimum absolute atomic E-state index is 0.916. The van der Waals surface area contributed by atoms with Gasteiger partial charge < -0.3 is 0 Å². The van der Waals surface area contributed by atoms with Crippen LogP contribution >= 0.6 is 0 Å². The van der Waals surface area contributed by atoms with Crippen LogP contribution in [0.3, 0.4) is 0 Å². The van der Waals surface area contributed by atoms with Gasteiger partial charge in [-0.3, -0.25) is 9.80 Å². The van der Waals surface area contributed by atoms with Crippen LogP contribution in [0.15, 0.2) is 0 Å². The number of hydrogen-bond donors (Lipinski definition) is 0. The van der Waals surface area contributed by atoms with Crippen LogP contribution in [-0.4, -0.2) is 48.1 Å². The van der Waals surface area contributed by atoms with Gasteiger partial charge in [-0.1, -0.05) is 19.8 Å². The summed E-state index contributed by atoms with van der Waals surface area (Å²) in [5.74, 6) is 5.37. The Kier molecular flexibility index (Phi) is 3.98. The third-order valence-corrected chi connectivity index (χ3v) is 8.37. The van der Waals surface area contributed by atoms with Gasteiger partial charge >= 0.3 is 0 Å². The standard InChI is InChI=1S/C21H36N2/c1-15-3-2-4-20(9-15)22-5-7-23(8-6-22)21-18-11-16-10-17(13-18)14-19(21)12-16/h15-21H,2-14H2,1H3/t15-,16?,17?,18?,19?,20+,21?/m0/s1. The second-order valence-corrected chi connectivity index (χ2v) is 9.92. The van der Waals surface area contributed by atoms with Crippen LogP contribution in [0.5, 0.6) is 0 Å². The summed E-state index contributed by atoms with van der Waals surface area (Å²) in [6.07, 6.45) is 13.8. The Balaban J connectivity index is 1.20. The minimum atomic E-state index is 0.916. The maximum Gasteiger partial charge on any atom is 0.0153 e. The maximum absolute atomic E-state index is 2.95. The molecule has 2 heteroatoms. The van der Waals surface area contributed by atoms with Gasteiger partial charge in [0.15, 0.2) is 0 Å². The normalized spacial score (nSPS) is 51.3. The average molecular weight is 317 g/mol. The molecule has 23 heavy (non-hydrogen) atoms. The van der Waals surface area contributed by atoms with Crippen molar-refractivity contribution in [2.75, 3.05) is 26.2 Å². The quantitative estimate of drug-likeness (QED) is 0.759. The van der Waals surface area contributed by atoms with Gasteiger partial charge in [0.25, 0.3) is 0 Å². The molecule has 6 fully saturated rings. The number of nitrogens with zero attached hydrogens (tertiary/aromatic N) is 2. The molecule has 6 aliphatic rings. The van der Waals surface area contributed by atoms with Crippen LogP contribution in [0, 0.1) is 29.6 Å². The van der Waals surface area contributed by atoms with Crippen molar-refractivity contribution in [2.45, 2.75) is 76.8 Å². The van der Waals surface area contributed by atoms with Gasteiger partial charge in [0.05, 0.1) is 0 Å². The molecular formula is C21H36N2. The van der Waals surface area contributed by atoms with Gasteiger partial charge in [-0.15, -0.1) is 0 Å². The molecule has 1 saturated heterocycles. The van der Waals surface area contributed by atoms with Crippen LogP contribution in [0.2, 0.25) is 0 Å². The highest BCUT2D eigenvalue weighted by Crippen LogP contribution is 2.55. The SMILES string of the molecule is C[C@H]1CCC[C@@H](N2CCN(C3C4CC5CC(C4)CC3C5)CC2)C1. The van der Waals surface area contributed by atoms with Gasteiger partial charge in [0.2, 0.25) is 0 Å². The molecule has 2 atom stereocenters. The molecule has 6 rings (SSSR count). The molecule has 130 valence electrons. The highest BCUT2D eigenvalue weighted by atomic mass is 15.3. The summed E-state index contributed by atoms with van der Waals surface area (Å²) in [7, 11) is 0. The molecule has 0 unspecified atom stereocenters. The van der Waals surface area contributed by atoms with Gasteiger partial charge in [0, 0.05) is 38.3 Å². The molecule has 0 radical (unpaired) electrons. The fraction of sp³-hybridized carbons (Fsp3) is 1.00. The van der Waals surface area contributed by atoms with Crippen molar-refractivity contribution >= 4 is 0 Å². The fourth-order valence-electron chi connectivity index (χ4n) is 7.63. The van der Waals surface area contributed by atoms with Crippen molar-refractivity contribution in [3.05, 3.63) is 0 Å². The van der Waals surface area contributed by atoms with E-state index >= 15 is 0 Å². The van der Waals surface area contributed by atoms with Crippen molar-refractivity contribution in [1.82, 2.24) is 9.80 Å². The van der Waals surface area contributed by atoms with Gasteiger partial charge in [-0.25, -0.2) is 0 Å². The monoisotopic (exact) mass is 316 g/mol. The lowest BCUT2D eigenvalue weighted by Crippen LogP contribution is -2.61. The predicted octanol–water partition coefficient (Wildman–Crippen LogP) is 4.01. The van der Waals surface area contributed by atoms with E-state index in [1.165, 1.54) is 51.9 Å². The lowest BCUT2D eigenvalue weighted by atomic mass is 9.54. The van der Waals surface area contributed by atoms with Crippen molar-refractivity contribution < 1.29 is 0 Å². The Morgan fingerprint density at radius 2 is 1.26 bits per heavy atom. The second kappa shape index (κ2) is 6.02. The molecule has 0 aromatic carbocycles. The molecule has 1 heterocycles. The highest BCUT2D eigenvalue weighted by molar-refractivity contribution is 5.03. The second-order valence-electron chi connectivity index (χ2n) is 9.92. The number of rotatable bonds is 2. The van der Waals surface area contributed by atoms with E-state index in [9.17, 15) is 0 Å². The largest absolute Gasteiger partial charge is 0.298 e.